The summed E-state index contributed by atoms with van der Waals surface area (Å²) in [7, 11) is 3.70. The van der Waals surface area contributed by atoms with E-state index in [9.17, 15) is 9.59 Å². The van der Waals surface area contributed by atoms with Crippen LogP contribution in [0.25, 0.3) is 0 Å². The maximum absolute atomic E-state index is 11.7. The first-order valence-corrected chi connectivity index (χ1v) is 5.51. The second-order valence-electron chi connectivity index (χ2n) is 4.98. The number of carbonyl (C=O) groups is 2. The van der Waals surface area contributed by atoms with Crippen molar-refractivity contribution in [3.05, 3.63) is 0 Å². The van der Waals surface area contributed by atoms with Gasteiger partial charge in [-0.1, -0.05) is 0 Å². The molecule has 0 spiro atoms. The van der Waals surface area contributed by atoms with Crippen molar-refractivity contribution in [1.82, 2.24) is 9.80 Å². The fourth-order valence-corrected chi connectivity index (χ4v) is 1.83. The van der Waals surface area contributed by atoms with Gasteiger partial charge < -0.3 is 14.9 Å². The highest BCUT2D eigenvalue weighted by Crippen LogP contribution is 2.30. The van der Waals surface area contributed by atoms with Gasteiger partial charge in [-0.05, 0) is 33.9 Å². The lowest BCUT2D eigenvalue weighted by atomic mass is 9.80. The van der Waals surface area contributed by atoms with E-state index in [-0.39, 0.29) is 5.91 Å². The van der Waals surface area contributed by atoms with E-state index >= 15 is 0 Å². The van der Waals surface area contributed by atoms with Crippen LogP contribution in [0.1, 0.15) is 19.8 Å². The Kier molecular flexibility index (Phi) is 3.91. The average molecular weight is 228 g/mol. The molecule has 16 heavy (non-hydrogen) atoms. The second-order valence-corrected chi connectivity index (χ2v) is 4.98. The second kappa shape index (κ2) is 4.82. The van der Waals surface area contributed by atoms with Gasteiger partial charge in [0.25, 0.3) is 0 Å². The molecule has 0 atom stereocenters. The number of nitrogens with zero attached hydrogens (tertiary/aromatic N) is 2. The summed E-state index contributed by atoms with van der Waals surface area (Å²) in [6.07, 6.45) is 1.09. The van der Waals surface area contributed by atoms with Crippen LogP contribution in [0.15, 0.2) is 0 Å². The molecule has 1 N–H and O–H groups in total. The van der Waals surface area contributed by atoms with Crippen molar-refractivity contribution in [2.75, 3.05) is 33.7 Å². The number of carboxylic acid groups (broad SMARTS) is 1. The maximum atomic E-state index is 11.7. The lowest BCUT2D eigenvalue weighted by Gasteiger charge is -2.36. The molecule has 1 heterocycles. The van der Waals surface area contributed by atoms with E-state index in [1.807, 2.05) is 19.0 Å². The number of likely N-dealkylation sites (tertiary alicyclic amines) is 1. The fraction of sp³-hybridized carbons (Fsp3) is 0.818. The number of hydrogen-bond donors (Lipinski definition) is 1. The van der Waals surface area contributed by atoms with E-state index < -0.39 is 11.4 Å². The van der Waals surface area contributed by atoms with Gasteiger partial charge in [0.15, 0.2) is 0 Å². The predicted octanol–water partition coefficient (Wildman–Crippen LogP) is 0.261. The lowest BCUT2D eigenvalue weighted by Crippen LogP contribution is -2.47. The smallest absolute Gasteiger partial charge is 0.309 e. The SMILES string of the molecule is CN(C)CC(=O)N1CCC(C)(C(=O)O)CC1. The van der Waals surface area contributed by atoms with Gasteiger partial charge in [0, 0.05) is 13.1 Å². The van der Waals surface area contributed by atoms with Crippen LogP contribution in [-0.4, -0.2) is 60.5 Å². The summed E-state index contributed by atoms with van der Waals surface area (Å²) in [5, 5.41) is 9.06. The highest BCUT2D eigenvalue weighted by Gasteiger charge is 2.37. The molecule has 1 saturated heterocycles. The molecule has 0 aliphatic carbocycles. The Balaban J connectivity index is 2.49. The fourth-order valence-electron chi connectivity index (χ4n) is 1.83. The van der Waals surface area contributed by atoms with E-state index in [1.165, 1.54) is 0 Å². The first kappa shape index (κ1) is 13.0. The van der Waals surface area contributed by atoms with Gasteiger partial charge in [-0.15, -0.1) is 0 Å². The van der Waals surface area contributed by atoms with Crippen molar-refractivity contribution >= 4 is 11.9 Å². The van der Waals surface area contributed by atoms with Crippen LogP contribution in [0.5, 0.6) is 0 Å². The van der Waals surface area contributed by atoms with E-state index in [1.54, 1.807) is 11.8 Å². The Morgan fingerprint density at radius 3 is 2.19 bits per heavy atom. The molecule has 1 aliphatic rings. The zero-order chi connectivity index (χ0) is 12.3. The first-order valence-electron chi connectivity index (χ1n) is 5.51. The number of carbonyl (C=O) groups excluding carboxylic acids is 1. The highest BCUT2D eigenvalue weighted by atomic mass is 16.4. The van der Waals surface area contributed by atoms with Crippen LogP contribution in [0.4, 0.5) is 0 Å². The summed E-state index contributed by atoms with van der Waals surface area (Å²) < 4.78 is 0. The van der Waals surface area contributed by atoms with Crippen LogP contribution in [0.2, 0.25) is 0 Å². The van der Waals surface area contributed by atoms with Crippen LogP contribution in [0.3, 0.4) is 0 Å². The minimum Gasteiger partial charge on any atom is -0.481 e. The molecule has 1 amide bonds. The van der Waals surface area contributed by atoms with Crippen molar-refractivity contribution in [3.63, 3.8) is 0 Å². The van der Waals surface area contributed by atoms with E-state index in [2.05, 4.69) is 0 Å². The van der Waals surface area contributed by atoms with Crippen molar-refractivity contribution in [3.8, 4) is 0 Å². The molecule has 5 nitrogen and oxygen atoms in total. The summed E-state index contributed by atoms with van der Waals surface area (Å²) in [5.74, 6) is -0.676. The highest BCUT2D eigenvalue weighted by molar-refractivity contribution is 5.79. The Hall–Kier alpha value is -1.10. The third-order valence-corrected chi connectivity index (χ3v) is 3.19. The van der Waals surface area contributed by atoms with Crippen molar-refractivity contribution < 1.29 is 14.7 Å². The average Bonchev–Trinajstić information content (AvgIpc) is 2.17. The van der Waals surface area contributed by atoms with Crippen LogP contribution < -0.4 is 0 Å². The molecular weight excluding hydrogens is 208 g/mol. The van der Waals surface area contributed by atoms with Gasteiger partial charge in [0.1, 0.15) is 0 Å². The standard InChI is InChI=1S/C11H20N2O3/c1-11(10(15)16)4-6-13(7-5-11)9(14)8-12(2)3/h4-8H2,1-3H3,(H,15,16). The van der Waals surface area contributed by atoms with Crippen LogP contribution in [-0.2, 0) is 9.59 Å². The van der Waals surface area contributed by atoms with Gasteiger partial charge in [0.05, 0.1) is 12.0 Å². The summed E-state index contributed by atoms with van der Waals surface area (Å²) >= 11 is 0. The number of rotatable bonds is 3. The molecule has 0 saturated carbocycles. The van der Waals surface area contributed by atoms with Gasteiger partial charge in [-0.25, -0.2) is 0 Å². The molecule has 1 aliphatic heterocycles. The lowest BCUT2D eigenvalue weighted by molar-refractivity contribution is -0.153. The van der Waals surface area contributed by atoms with Crippen LogP contribution >= 0.6 is 0 Å². The van der Waals surface area contributed by atoms with Crippen LogP contribution in [0, 0.1) is 5.41 Å². The molecule has 0 bridgehead atoms. The minimum atomic E-state index is -0.757. The normalized spacial score (nSPS) is 19.9. The molecule has 5 heteroatoms. The number of likely N-dealkylation sites (N-methyl/N-ethyl adjacent to an activating group) is 1. The van der Waals surface area contributed by atoms with E-state index in [0.29, 0.717) is 32.5 Å². The minimum absolute atomic E-state index is 0.0810. The number of carboxylic acids is 1. The quantitative estimate of drug-likeness (QED) is 0.752. The monoisotopic (exact) mass is 228 g/mol. The molecule has 0 unspecified atom stereocenters. The summed E-state index contributed by atoms with van der Waals surface area (Å²) in [4.78, 5) is 26.3. The first-order chi connectivity index (χ1) is 7.35. The number of piperidine rings is 1. The molecule has 92 valence electrons. The van der Waals surface area contributed by atoms with E-state index in [4.69, 9.17) is 5.11 Å². The number of amides is 1. The van der Waals surface area contributed by atoms with Crippen molar-refractivity contribution in [2.24, 2.45) is 5.41 Å². The maximum Gasteiger partial charge on any atom is 0.309 e. The van der Waals surface area contributed by atoms with Crippen molar-refractivity contribution in [1.29, 1.82) is 0 Å². The van der Waals surface area contributed by atoms with Crippen molar-refractivity contribution in [2.45, 2.75) is 19.8 Å². The van der Waals surface area contributed by atoms with Gasteiger partial charge in [-0.2, -0.15) is 0 Å². The van der Waals surface area contributed by atoms with E-state index in [0.717, 1.165) is 0 Å². The third kappa shape index (κ3) is 2.95. The third-order valence-electron chi connectivity index (χ3n) is 3.19. The Labute approximate surface area is 96.0 Å². The molecular formula is C11H20N2O3. The molecule has 0 aromatic heterocycles. The number of aliphatic carboxylic acids is 1. The zero-order valence-electron chi connectivity index (χ0n) is 10.2. The largest absolute Gasteiger partial charge is 0.481 e. The summed E-state index contributed by atoms with van der Waals surface area (Å²) in [5.41, 5.74) is -0.658. The topological polar surface area (TPSA) is 60.9 Å². The molecule has 1 fully saturated rings. The molecule has 0 radical (unpaired) electrons. The Bertz CT molecular complexity index is 281. The van der Waals surface area contributed by atoms with Gasteiger partial charge >= 0.3 is 5.97 Å². The zero-order valence-corrected chi connectivity index (χ0v) is 10.2. The number of hydrogen-bond acceptors (Lipinski definition) is 3. The Morgan fingerprint density at radius 1 is 1.31 bits per heavy atom. The van der Waals surface area contributed by atoms with Gasteiger partial charge in [-0.3, -0.25) is 9.59 Å². The molecule has 0 aromatic rings. The predicted molar refractivity (Wildman–Crippen MR) is 60.1 cm³/mol. The molecule has 1 rings (SSSR count). The Morgan fingerprint density at radius 2 is 1.81 bits per heavy atom. The summed E-state index contributed by atoms with van der Waals surface area (Å²) in [6, 6.07) is 0. The molecule has 0 aromatic carbocycles. The summed E-state index contributed by atoms with van der Waals surface area (Å²) in [6.45, 7) is 3.25. The van der Waals surface area contributed by atoms with Gasteiger partial charge in [0.2, 0.25) is 5.91 Å².